The van der Waals surface area contributed by atoms with Crippen molar-refractivity contribution in [3.63, 3.8) is 0 Å². The molecule has 0 saturated heterocycles. The fourth-order valence-electron chi connectivity index (χ4n) is 1.65. The van der Waals surface area contributed by atoms with Gasteiger partial charge in [-0.3, -0.25) is 4.79 Å². The van der Waals surface area contributed by atoms with Gasteiger partial charge >= 0.3 is 5.97 Å². The third-order valence-electron chi connectivity index (χ3n) is 2.83. The maximum absolute atomic E-state index is 13.1. The molecule has 92 valence electrons. The van der Waals surface area contributed by atoms with Gasteiger partial charge in [-0.05, 0) is 58.9 Å². The van der Waals surface area contributed by atoms with Crippen molar-refractivity contribution >= 4 is 21.9 Å². The molecule has 0 aliphatic heterocycles. The number of rotatable bonds is 5. The van der Waals surface area contributed by atoms with Gasteiger partial charge in [0.1, 0.15) is 11.9 Å². The molecule has 1 aliphatic rings. The van der Waals surface area contributed by atoms with Crippen LogP contribution < -0.4 is 5.32 Å². The number of hydrogen-bond donors (Lipinski definition) is 2. The lowest BCUT2D eigenvalue weighted by atomic mass is 10.1. The molecule has 0 spiro atoms. The fourth-order valence-corrected chi connectivity index (χ4v) is 2.04. The Labute approximate surface area is 107 Å². The van der Waals surface area contributed by atoms with Crippen LogP contribution in [0.5, 0.6) is 0 Å². The van der Waals surface area contributed by atoms with Crippen molar-refractivity contribution in [1.29, 1.82) is 0 Å². The van der Waals surface area contributed by atoms with Crippen molar-refractivity contribution in [1.82, 2.24) is 5.32 Å². The standard InChI is InChI=1S/C12H13BrFNO2/c13-9-5-8(3-4-10(9)14)11(12(16)17)15-6-7-1-2-7/h3-5,7,11,15H,1-2,6H2,(H,16,17). The van der Waals surface area contributed by atoms with E-state index in [0.29, 0.717) is 18.0 Å². The van der Waals surface area contributed by atoms with Crippen molar-refractivity contribution in [2.75, 3.05) is 6.54 Å². The van der Waals surface area contributed by atoms with Crippen LogP contribution in [0.1, 0.15) is 24.4 Å². The van der Waals surface area contributed by atoms with Gasteiger partial charge in [-0.25, -0.2) is 4.39 Å². The summed E-state index contributed by atoms with van der Waals surface area (Å²) >= 11 is 3.06. The summed E-state index contributed by atoms with van der Waals surface area (Å²) in [7, 11) is 0. The molecule has 0 aromatic heterocycles. The third-order valence-corrected chi connectivity index (χ3v) is 3.44. The molecule has 1 aromatic carbocycles. The van der Waals surface area contributed by atoms with Gasteiger partial charge < -0.3 is 10.4 Å². The zero-order valence-corrected chi connectivity index (χ0v) is 10.7. The minimum absolute atomic E-state index is 0.287. The SMILES string of the molecule is O=C(O)C(NCC1CC1)c1ccc(F)c(Br)c1. The first-order valence-corrected chi connectivity index (χ1v) is 6.28. The van der Waals surface area contributed by atoms with E-state index < -0.39 is 12.0 Å². The van der Waals surface area contributed by atoms with Crippen molar-refractivity contribution in [3.05, 3.63) is 34.1 Å². The Bertz CT molecular complexity index is 435. The first-order chi connectivity index (χ1) is 8.08. The second-order valence-corrected chi connectivity index (χ2v) is 5.15. The monoisotopic (exact) mass is 301 g/mol. The Balaban J connectivity index is 2.12. The Morgan fingerprint density at radius 3 is 2.82 bits per heavy atom. The molecule has 2 rings (SSSR count). The van der Waals surface area contributed by atoms with E-state index in [1.54, 1.807) is 0 Å². The maximum atomic E-state index is 13.1. The van der Waals surface area contributed by atoms with Crippen LogP contribution in [0.25, 0.3) is 0 Å². The molecule has 5 heteroatoms. The molecule has 1 saturated carbocycles. The second-order valence-electron chi connectivity index (χ2n) is 4.30. The Morgan fingerprint density at radius 2 is 2.29 bits per heavy atom. The van der Waals surface area contributed by atoms with Crippen LogP contribution in [0.15, 0.2) is 22.7 Å². The van der Waals surface area contributed by atoms with E-state index in [1.165, 1.54) is 18.2 Å². The number of aliphatic carboxylic acids is 1. The molecule has 2 N–H and O–H groups in total. The number of benzene rings is 1. The predicted octanol–water partition coefficient (Wildman–Crippen LogP) is 2.71. The molecule has 1 aromatic rings. The summed E-state index contributed by atoms with van der Waals surface area (Å²) in [4.78, 5) is 11.2. The number of carbonyl (C=O) groups is 1. The highest BCUT2D eigenvalue weighted by molar-refractivity contribution is 9.10. The lowest BCUT2D eigenvalue weighted by Crippen LogP contribution is -2.30. The van der Waals surface area contributed by atoms with Gasteiger partial charge in [0.05, 0.1) is 4.47 Å². The van der Waals surface area contributed by atoms with E-state index >= 15 is 0 Å². The third kappa shape index (κ3) is 3.26. The normalized spacial score (nSPS) is 16.8. The lowest BCUT2D eigenvalue weighted by molar-refractivity contribution is -0.139. The molecule has 0 heterocycles. The highest BCUT2D eigenvalue weighted by Gasteiger charge is 2.26. The average Bonchev–Trinajstić information content (AvgIpc) is 3.07. The van der Waals surface area contributed by atoms with Crippen LogP contribution in [0.4, 0.5) is 4.39 Å². The van der Waals surface area contributed by atoms with Crippen LogP contribution in [-0.4, -0.2) is 17.6 Å². The van der Waals surface area contributed by atoms with Crippen LogP contribution in [0, 0.1) is 11.7 Å². The molecular formula is C12H13BrFNO2. The van der Waals surface area contributed by atoms with Crippen molar-refractivity contribution in [3.8, 4) is 0 Å². The smallest absolute Gasteiger partial charge is 0.325 e. The van der Waals surface area contributed by atoms with E-state index in [9.17, 15) is 9.18 Å². The number of hydrogen-bond acceptors (Lipinski definition) is 2. The Morgan fingerprint density at radius 1 is 1.59 bits per heavy atom. The van der Waals surface area contributed by atoms with Gasteiger partial charge in [-0.15, -0.1) is 0 Å². The van der Waals surface area contributed by atoms with E-state index in [-0.39, 0.29) is 10.3 Å². The second kappa shape index (κ2) is 5.14. The quantitative estimate of drug-likeness (QED) is 0.879. The minimum Gasteiger partial charge on any atom is -0.480 e. The van der Waals surface area contributed by atoms with Crippen molar-refractivity contribution in [2.45, 2.75) is 18.9 Å². The predicted molar refractivity (Wildman–Crippen MR) is 65.2 cm³/mol. The molecule has 0 amide bonds. The first kappa shape index (κ1) is 12.5. The summed E-state index contributed by atoms with van der Waals surface area (Å²) in [5.74, 6) is -0.732. The van der Waals surface area contributed by atoms with Crippen LogP contribution in [-0.2, 0) is 4.79 Å². The van der Waals surface area contributed by atoms with Gasteiger partial charge in [0.25, 0.3) is 0 Å². The van der Waals surface area contributed by atoms with E-state index in [1.807, 2.05) is 0 Å². The van der Waals surface area contributed by atoms with Crippen LogP contribution in [0.3, 0.4) is 0 Å². The first-order valence-electron chi connectivity index (χ1n) is 5.49. The lowest BCUT2D eigenvalue weighted by Gasteiger charge is -2.15. The zero-order chi connectivity index (χ0) is 12.4. The van der Waals surface area contributed by atoms with E-state index in [2.05, 4.69) is 21.2 Å². The van der Waals surface area contributed by atoms with Gasteiger partial charge in [0, 0.05) is 0 Å². The number of carboxylic acid groups (broad SMARTS) is 1. The van der Waals surface area contributed by atoms with Crippen LogP contribution >= 0.6 is 15.9 Å². The molecule has 17 heavy (non-hydrogen) atoms. The largest absolute Gasteiger partial charge is 0.480 e. The molecule has 1 atom stereocenters. The minimum atomic E-state index is -0.941. The molecule has 1 unspecified atom stereocenters. The van der Waals surface area contributed by atoms with Gasteiger partial charge in [-0.1, -0.05) is 6.07 Å². The average molecular weight is 302 g/mol. The van der Waals surface area contributed by atoms with E-state index in [4.69, 9.17) is 5.11 Å². The van der Waals surface area contributed by atoms with Gasteiger partial charge in [0.2, 0.25) is 0 Å². The molecule has 0 radical (unpaired) electrons. The Hall–Kier alpha value is -0.940. The Kier molecular flexibility index (Phi) is 3.79. The van der Waals surface area contributed by atoms with E-state index in [0.717, 1.165) is 12.8 Å². The van der Waals surface area contributed by atoms with Crippen molar-refractivity contribution in [2.24, 2.45) is 5.92 Å². The molecule has 3 nitrogen and oxygen atoms in total. The van der Waals surface area contributed by atoms with Gasteiger partial charge in [0.15, 0.2) is 0 Å². The number of nitrogens with one attached hydrogen (secondary N) is 1. The molecule has 0 bridgehead atoms. The highest BCUT2D eigenvalue weighted by Crippen LogP contribution is 2.29. The van der Waals surface area contributed by atoms with Gasteiger partial charge in [-0.2, -0.15) is 0 Å². The fraction of sp³-hybridized carbons (Fsp3) is 0.417. The summed E-state index contributed by atoms with van der Waals surface area (Å²) in [6.07, 6.45) is 2.32. The summed E-state index contributed by atoms with van der Waals surface area (Å²) in [5, 5.41) is 12.1. The summed E-state index contributed by atoms with van der Waals surface area (Å²) in [5.41, 5.74) is 0.562. The zero-order valence-electron chi connectivity index (χ0n) is 9.12. The number of carboxylic acids is 1. The van der Waals surface area contributed by atoms with Crippen molar-refractivity contribution < 1.29 is 14.3 Å². The maximum Gasteiger partial charge on any atom is 0.325 e. The topological polar surface area (TPSA) is 49.3 Å². The molecule has 1 fully saturated rings. The highest BCUT2D eigenvalue weighted by atomic mass is 79.9. The summed E-state index contributed by atoms with van der Waals surface area (Å²) in [6.45, 7) is 0.700. The van der Waals surface area contributed by atoms with Crippen LogP contribution in [0.2, 0.25) is 0 Å². The number of halogens is 2. The molecule has 1 aliphatic carbocycles. The summed E-state index contributed by atoms with van der Waals surface area (Å²) < 4.78 is 13.4. The summed E-state index contributed by atoms with van der Waals surface area (Å²) in [6, 6.07) is 3.51. The molecular weight excluding hydrogens is 289 g/mol.